The molecule has 0 saturated carbocycles. The SMILES string of the molecule is CCOC(=O)C1C(=O)CCN(c2ccc(F)cc2)C1=O. The van der Waals surface area contributed by atoms with Gasteiger partial charge in [-0.05, 0) is 31.2 Å². The topological polar surface area (TPSA) is 63.7 Å². The number of halogens is 1. The fraction of sp³-hybridized carbons (Fsp3) is 0.357. The van der Waals surface area contributed by atoms with Gasteiger partial charge in [-0.3, -0.25) is 14.4 Å². The molecule has 1 saturated heterocycles. The van der Waals surface area contributed by atoms with Crippen molar-refractivity contribution in [3.05, 3.63) is 30.1 Å². The van der Waals surface area contributed by atoms with Crippen LogP contribution in [0.1, 0.15) is 13.3 Å². The summed E-state index contributed by atoms with van der Waals surface area (Å²) >= 11 is 0. The minimum atomic E-state index is -1.41. The number of rotatable bonds is 3. The largest absolute Gasteiger partial charge is 0.465 e. The van der Waals surface area contributed by atoms with Crippen molar-refractivity contribution in [3.63, 3.8) is 0 Å². The average Bonchev–Trinajstić information content (AvgIpc) is 2.41. The summed E-state index contributed by atoms with van der Waals surface area (Å²) in [6, 6.07) is 5.31. The molecular weight excluding hydrogens is 265 g/mol. The molecule has 0 N–H and O–H groups in total. The molecule has 0 aromatic heterocycles. The molecule has 5 nitrogen and oxygen atoms in total. The van der Waals surface area contributed by atoms with Gasteiger partial charge in [-0.25, -0.2) is 4.39 Å². The summed E-state index contributed by atoms with van der Waals surface area (Å²) in [5.41, 5.74) is 0.457. The normalized spacial score (nSPS) is 19.1. The van der Waals surface area contributed by atoms with Gasteiger partial charge in [0.2, 0.25) is 5.91 Å². The number of benzene rings is 1. The third kappa shape index (κ3) is 2.68. The molecule has 1 atom stereocenters. The van der Waals surface area contributed by atoms with E-state index >= 15 is 0 Å². The highest BCUT2D eigenvalue weighted by atomic mass is 19.1. The number of piperidine rings is 1. The van der Waals surface area contributed by atoms with Crippen molar-refractivity contribution >= 4 is 23.3 Å². The number of amides is 1. The fourth-order valence-corrected chi connectivity index (χ4v) is 2.11. The van der Waals surface area contributed by atoms with Crippen LogP contribution in [0.2, 0.25) is 0 Å². The lowest BCUT2D eigenvalue weighted by atomic mass is 9.95. The molecule has 0 bridgehead atoms. The van der Waals surface area contributed by atoms with Gasteiger partial charge in [0.25, 0.3) is 0 Å². The van der Waals surface area contributed by atoms with Crippen LogP contribution in [0.4, 0.5) is 10.1 Å². The predicted molar refractivity (Wildman–Crippen MR) is 68.5 cm³/mol. The second-order valence-electron chi connectivity index (χ2n) is 4.37. The Morgan fingerprint density at radius 1 is 1.35 bits per heavy atom. The number of ether oxygens (including phenoxy) is 1. The van der Waals surface area contributed by atoms with Crippen molar-refractivity contribution in [3.8, 4) is 0 Å². The van der Waals surface area contributed by atoms with Crippen molar-refractivity contribution in [1.29, 1.82) is 0 Å². The highest BCUT2D eigenvalue weighted by Gasteiger charge is 2.42. The molecule has 0 spiro atoms. The third-order valence-corrected chi connectivity index (χ3v) is 3.08. The molecule has 1 aliphatic rings. The van der Waals surface area contributed by atoms with E-state index in [1.54, 1.807) is 6.92 Å². The Morgan fingerprint density at radius 2 is 2.00 bits per heavy atom. The highest BCUT2D eigenvalue weighted by molar-refractivity contribution is 6.22. The number of hydrogen-bond donors (Lipinski definition) is 0. The van der Waals surface area contributed by atoms with Crippen molar-refractivity contribution in [2.45, 2.75) is 13.3 Å². The number of carbonyl (C=O) groups excluding carboxylic acids is 3. The number of hydrogen-bond acceptors (Lipinski definition) is 4. The summed E-state index contributed by atoms with van der Waals surface area (Å²) in [7, 11) is 0. The van der Waals surface area contributed by atoms with E-state index in [-0.39, 0.29) is 19.6 Å². The summed E-state index contributed by atoms with van der Waals surface area (Å²) < 4.78 is 17.6. The van der Waals surface area contributed by atoms with E-state index in [2.05, 4.69) is 0 Å². The first kappa shape index (κ1) is 14.2. The maximum absolute atomic E-state index is 12.9. The molecule has 0 radical (unpaired) electrons. The van der Waals surface area contributed by atoms with Gasteiger partial charge in [-0.15, -0.1) is 0 Å². The van der Waals surface area contributed by atoms with Gasteiger partial charge in [-0.1, -0.05) is 0 Å². The molecule has 1 heterocycles. The number of anilines is 1. The van der Waals surface area contributed by atoms with E-state index in [1.807, 2.05) is 0 Å². The van der Waals surface area contributed by atoms with Crippen LogP contribution in [-0.2, 0) is 19.1 Å². The monoisotopic (exact) mass is 279 g/mol. The van der Waals surface area contributed by atoms with Gasteiger partial charge >= 0.3 is 5.97 Å². The Hall–Kier alpha value is -2.24. The Kier molecular flexibility index (Phi) is 4.12. The Bertz CT molecular complexity index is 541. The predicted octanol–water partition coefficient (Wildman–Crippen LogP) is 1.31. The van der Waals surface area contributed by atoms with Crippen LogP contribution in [0.25, 0.3) is 0 Å². The van der Waals surface area contributed by atoms with Gasteiger partial charge in [0.05, 0.1) is 6.61 Å². The van der Waals surface area contributed by atoms with Crippen molar-refractivity contribution in [2.24, 2.45) is 5.92 Å². The van der Waals surface area contributed by atoms with E-state index in [1.165, 1.54) is 29.2 Å². The van der Waals surface area contributed by atoms with E-state index in [9.17, 15) is 18.8 Å². The standard InChI is InChI=1S/C14H14FNO4/c1-2-20-14(19)12-11(17)7-8-16(13(12)18)10-5-3-9(15)4-6-10/h3-6,12H,2,7-8H2,1H3. The molecule has 1 fully saturated rings. The molecule has 1 aromatic rings. The Balaban J connectivity index is 2.24. The zero-order valence-electron chi connectivity index (χ0n) is 11.0. The maximum Gasteiger partial charge on any atom is 0.326 e. The molecule has 6 heteroatoms. The fourth-order valence-electron chi connectivity index (χ4n) is 2.11. The summed E-state index contributed by atoms with van der Waals surface area (Å²) in [4.78, 5) is 37.0. The molecule has 1 amide bonds. The van der Waals surface area contributed by atoms with Gasteiger partial charge in [0.1, 0.15) is 5.82 Å². The number of carbonyl (C=O) groups is 3. The number of nitrogens with zero attached hydrogens (tertiary/aromatic N) is 1. The Labute approximate surface area is 115 Å². The average molecular weight is 279 g/mol. The first-order valence-electron chi connectivity index (χ1n) is 6.31. The zero-order valence-corrected chi connectivity index (χ0v) is 11.0. The molecule has 2 rings (SSSR count). The van der Waals surface area contributed by atoms with Crippen LogP contribution in [0.15, 0.2) is 24.3 Å². The second kappa shape index (κ2) is 5.81. The van der Waals surface area contributed by atoms with E-state index in [0.717, 1.165) is 0 Å². The highest BCUT2D eigenvalue weighted by Crippen LogP contribution is 2.23. The molecule has 20 heavy (non-hydrogen) atoms. The number of ketones is 1. The molecule has 0 aliphatic carbocycles. The second-order valence-corrected chi connectivity index (χ2v) is 4.37. The first-order valence-corrected chi connectivity index (χ1v) is 6.31. The summed E-state index contributed by atoms with van der Waals surface area (Å²) in [6.07, 6.45) is 0.0760. The minimum Gasteiger partial charge on any atom is -0.465 e. The summed E-state index contributed by atoms with van der Waals surface area (Å²) in [5.74, 6) is -3.71. The van der Waals surface area contributed by atoms with Crippen molar-refractivity contribution in [1.82, 2.24) is 0 Å². The molecule has 1 aliphatic heterocycles. The summed E-state index contributed by atoms with van der Waals surface area (Å²) in [6.45, 7) is 1.89. The quantitative estimate of drug-likeness (QED) is 0.618. The summed E-state index contributed by atoms with van der Waals surface area (Å²) in [5, 5.41) is 0. The van der Waals surface area contributed by atoms with Crippen molar-refractivity contribution < 1.29 is 23.5 Å². The van der Waals surface area contributed by atoms with E-state index in [4.69, 9.17) is 4.74 Å². The van der Waals surface area contributed by atoms with Gasteiger partial charge in [0.15, 0.2) is 11.7 Å². The maximum atomic E-state index is 12.9. The van der Waals surface area contributed by atoms with Crippen LogP contribution >= 0.6 is 0 Å². The van der Waals surface area contributed by atoms with Crippen LogP contribution in [0, 0.1) is 11.7 Å². The lowest BCUT2D eigenvalue weighted by Gasteiger charge is -2.30. The lowest BCUT2D eigenvalue weighted by molar-refractivity contribution is -0.155. The molecular formula is C14H14FNO4. The van der Waals surface area contributed by atoms with Gasteiger partial charge < -0.3 is 9.64 Å². The van der Waals surface area contributed by atoms with Crippen LogP contribution in [0.3, 0.4) is 0 Å². The number of esters is 1. The molecule has 106 valence electrons. The van der Waals surface area contributed by atoms with E-state index < -0.39 is 29.4 Å². The first-order chi connectivity index (χ1) is 9.54. The van der Waals surface area contributed by atoms with E-state index in [0.29, 0.717) is 5.69 Å². The smallest absolute Gasteiger partial charge is 0.326 e. The van der Waals surface area contributed by atoms with Gasteiger partial charge in [-0.2, -0.15) is 0 Å². The van der Waals surface area contributed by atoms with Crippen LogP contribution < -0.4 is 4.90 Å². The van der Waals surface area contributed by atoms with Crippen LogP contribution in [-0.4, -0.2) is 30.8 Å². The van der Waals surface area contributed by atoms with Crippen molar-refractivity contribution in [2.75, 3.05) is 18.1 Å². The molecule has 1 unspecified atom stereocenters. The van der Waals surface area contributed by atoms with Gasteiger partial charge in [0, 0.05) is 18.7 Å². The lowest BCUT2D eigenvalue weighted by Crippen LogP contribution is -2.49. The number of Topliss-reactive ketones (excluding diaryl/α,β-unsaturated/α-hetero) is 1. The van der Waals surface area contributed by atoms with Crippen LogP contribution in [0.5, 0.6) is 0 Å². The Morgan fingerprint density at radius 3 is 2.60 bits per heavy atom. The minimum absolute atomic E-state index is 0.0760. The zero-order chi connectivity index (χ0) is 14.7. The third-order valence-electron chi connectivity index (χ3n) is 3.08. The molecule has 1 aromatic carbocycles.